The van der Waals surface area contributed by atoms with Gasteiger partial charge in [-0.15, -0.1) is 0 Å². The van der Waals surface area contributed by atoms with Crippen molar-refractivity contribution in [3.8, 4) is 11.4 Å². The maximum absolute atomic E-state index is 12.9. The van der Waals surface area contributed by atoms with Crippen LogP contribution in [0.2, 0.25) is 5.02 Å². The summed E-state index contributed by atoms with van der Waals surface area (Å²) in [6.45, 7) is -0.108. The first-order valence-corrected chi connectivity index (χ1v) is 11.0. The molecule has 0 spiro atoms. The maximum atomic E-state index is 12.9. The molecule has 0 radical (unpaired) electrons. The van der Waals surface area contributed by atoms with Gasteiger partial charge >= 0.3 is 4.87 Å². The van der Waals surface area contributed by atoms with Crippen LogP contribution in [0.3, 0.4) is 0 Å². The molecule has 29 heavy (non-hydrogen) atoms. The largest absolute Gasteiger partial charge is 0.338 e. The number of benzene rings is 2. The van der Waals surface area contributed by atoms with Crippen molar-refractivity contribution in [2.45, 2.75) is 11.4 Å². The SMILES string of the molecule is CN(Cc1nc(-c2ccccc2Cl)no1)S(=O)(=O)c1ccc2c(c1)sc(=O)n2C. The Balaban J connectivity index is 1.60. The number of nitrogens with zero attached hydrogens (tertiary/aromatic N) is 4. The van der Waals surface area contributed by atoms with Crippen LogP contribution in [0.4, 0.5) is 0 Å². The number of hydrogen-bond donors (Lipinski definition) is 0. The fourth-order valence-electron chi connectivity index (χ4n) is 2.80. The summed E-state index contributed by atoms with van der Waals surface area (Å²) in [4.78, 5) is 16.0. The molecular weight excluding hydrogens is 436 g/mol. The fourth-order valence-corrected chi connectivity index (χ4v) is 5.16. The number of aryl methyl sites for hydroxylation is 1. The lowest BCUT2D eigenvalue weighted by atomic mass is 10.2. The molecule has 2 aromatic heterocycles. The Morgan fingerprint density at radius 3 is 2.76 bits per heavy atom. The zero-order valence-corrected chi connectivity index (χ0v) is 17.8. The number of thiazole rings is 1. The molecule has 8 nitrogen and oxygen atoms in total. The van der Waals surface area contributed by atoms with Crippen molar-refractivity contribution in [3.63, 3.8) is 0 Å². The van der Waals surface area contributed by atoms with Crippen molar-refractivity contribution in [1.29, 1.82) is 0 Å². The van der Waals surface area contributed by atoms with Crippen molar-refractivity contribution < 1.29 is 12.9 Å². The van der Waals surface area contributed by atoms with Gasteiger partial charge in [0, 0.05) is 19.7 Å². The molecule has 0 N–H and O–H groups in total. The van der Waals surface area contributed by atoms with Crippen molar-refractivity contribution in [2.24, 2.45) is 7.05 Å². The van der Waals surface area contributed by atoms with E-state index in [1.165, 1.54) is 23.7 Å². The van der Waals surface area contributed by atoms with Crippen LogP contribution in [0.5, 0.6) is 0 Å². The molecule has 0 amide bonds. The van der Waals surface area contributed by atoms with Gasteiger partial charge in [-0.25, -0.2) is 8.42 Å². The zero-order chi connectivity index (χ0) is 20.8. The van der Waals surface area contributed by atoms with E-state index in [1.54, 1.807) is 37.4 Å². The minimum Gasteiger partial charge on any atom is -0.338 e. The van der Waals surface area contributed by atoms with E-state index in [-0.39, 0.29) is 28.0 Å². The van der Waals surface area contributed by atoms with Crippen molar-refractivity contribution in [2.75, 3.05) is 7.05 Å². The van der Waals surface area contributed by atoms with E-state index in [9.17, 15) is 13.2 Å². The van der Waals surface area contributed by atoms with Gasteiger partial charge in [-0.3, -0.25) is 4.79 Å². The van der Waals surface area contributed by atoms with E-state index >= 15 is 0 Å². The first-order valence-electron chi connectivity index (χ1n) is 8.41. The number of fused-ring (bicyclic) bond motifs is 1. The molecule has 0 atom stereocenters. The average molecular weight is 451 g/mol. The van der Waals surface area contributed by atoms with Crippen LogP contribution in [-0.2, 0) is 23.6 Å². The Kier molecular flexibility index (Phi) is 5.03. The fraction of sp³-hybridized carbons (Fsp3) is 0.167. The van der Waals surface area contributed by atoms with Crippen LogP contribution in [0, 0.1) is 0 Å². The molecule has 4 rings (SSSR count). The first-order chi connectivity index (χ1) is 13.8. The maximum Gasteiger partial charge on any atom is 0.307 e. The molecule has 0 aliphatic carbocycles. The molecule has 2 aromatic carbocycles. The lowest BCUT2D eigenvalue weighted by molar-refractivity contribution is 0.337. The minimum atomic E-state index is -3.82. The summed E-state index contributed by atoms with van der Waals surface area (Å²) in [5.41, 5.74) is 1.28. The molecule has 0 aliphatic heterocycles. The number of rotatable bonds is 5. The smallest absolute Gasteiger partial charge is 0.307 e. The number of halogens is 1. The van der Waals surface area contributed by atoms with Crippen LogP contribution in [-0.4, -0.2) is 34.5 Å². The van der Waals surface area contributed by atoms with Crippen LogP contribution in [0.1, 0.15) is 5.89 Å². The molecule has 0 unspecified atom stereocenters. The Morgan fingerprint density at radius 2 is 2.00 bits per heavy atom. The van der Waals surface area contributed by atoms with Crippen LogP contribution in [0.25, 0.3) is 21.6 Å². The molecule has 4 aromatic rings. The topological polar surface area (TPSA) is 98.3 Å². The van der Waals surface area contributed by atoms with E-state index in [0.717, 1.165) is 15.6 Å². The van der Waals surface area contributed by atoms with E-state index in [1.807, 2.05) is 0 Å². The molecule has 0 saturated carbocycles. The van der Waals surface area contributed by atoms with Crippen LogP contribution < -0.4 is 4.87 Å². The Labute approximate surface area is 175 Å². The normalized spacial score (nSPS) is 12.1. The Morgan fingerprint density at radius 1 is 1.24 bits per heavy atom. The quantitative estimate of drug-likeness (QED) is 0.463. The van der Waals surface area contributed by atoms with Gasteiger partial charge in [-0.05, 0) is 30.3 Å². The van der Waals surface area contributed by atoms with Gasteiger partial charge in [0.1, 0.15) is 0 Å². The molecule has 0 bridgehead atoms. The second-order valence-corrected chi connectivity index (χ2v) is 9.75. The second kappa shape index (κ2) is 7.38. The highest BCUT2D eigenvalue weighted by Crippen LogP contribution is 2.26. The third kappa shape index (κ3) is 3.60. The highest BCUT2D eigenvalue weighted by Gasteiger charge is 2.24. The summed E-state index contributed by atoms with van der Waals surface area (Å²) >= 11 is 7.13. The molecule has 0 fully saturated rings. The minimum absolute atomic E-state index is 0.0835. The van der Waals surface area contributed by atoms with Crippen LogP contribution in [0.15, 0.2) is 56.7 Å². The van der Waals surface area contributed by atoms with E-state index in [4.69, 9.17) is 16.1 Å². The number of hydrogen-bond acceptors (Lipinski definition) is 7. The van der Waals surface area contributed by atoms with E-state index in [2.05, 4.69) is 10.1 Å². The molecule has 150 valence electrons. The third-order valence-corrected chi connectivity index (χ3v) is 7.54. The molecule has 0 aliphatic rings. The molecule has 0 saturated heterocycles. The second-order valence-electron chi connectivity index (χ2n) is 6.31. The summed E-state index contributed by atoms with van der Waals surface area (Å²) < 4.78 is 34.3. The lowest BCUT2D eigenvalue weighted by Gasteiger charge is -2.15. The van der Waals surface area contributed by atoms with E-state index in [0.29, 0.717) is 20.8 Å². The first kappa shape index (κ1) is 19.8. The summed E-state index contributed by atoms with van der Waals surface area (Å²) in [6, 6.07) is 11.6. The third-order valence-electron chi connectivity index (χ3n) is 4.41. The molecule has 11 heteroatoms. The summed E-state index contributed by atoms with van der Waals surface area (Å²) in [6.07, 6.45) is 0. The van der Waals surface area contributed by atoms with Gasteiger partial charge in [0.2, 0.25) is 21.7 Å². The Bertz CT molecular complexity index is 1370. The van der Waals surface area contributed by atoms with Gasteiger partial charge in [0.05, 0.1) is 26.7 Å². The van der Waals surface area contributed by atoms with Gasteiger partial charge in [-0.2, -0.15) is 9.29 Å². The zero-order valence-electron chi connectivity index (χ0n) is 15.4. The van der Waals surface area contributed by atoms with Gasteiger partial charge in [0.15, 0.2) is 0 Å². The summed E-state index contributed by atoms with van der Waals surface area (Å²) in [5.74, 6) is 0.420. The van der Waals surface area contributed by atoms with Crippen molar-refractivity contribution >= 4 is 43.2 Å². The monoisotopic (exact) mass is 450 g/mol. The highest BCUT2D eigenvalue weighted by molar-refractivity contribution is 7.89. The van der Waals surface area contributed by atoms with Gasteiger partial charge in [-0.1, -0.05) is 40.2 Å². The molecule has 2 heterocycles. The summed E-state index contributed by atoms with van der Waals surface area (Å²) in [7, 11) is -0.751. The average Bonchev–Trinajstić information content (AvgIpc) is 3.26. The van der Waals surface area contributed by atoms with Crippen molar-refractivity contribution in [3.05, 3.63) is 63.0 Å². The standard InChI is InChI=1S/C18H15ClN4O4S2/c1-22(10-16-20-17(21-27-16)12-5-3-4-6-13(12)19)29(25,26)11-7-8-14-15(9-11)28-18(24)23(14)2/h3-9H,10H2,1-2H3. The van der Waals surface area contributed by atoms with Gasteiger partial charge in [0.25, 0.3) is 0 Å². The lowest BCUT2D eigenvalue weighted by Crippen LogP contribution is -2.26. The predicted molar refractivity (Wildman–Crippen MR) is 110 cm³/mol. The number of aromatic nitrogens is 3. The van der Waals surface area contributed by atoms with Crippen LogP contribution >= 0.6 is 22.9 Å². The summed E-state index contributed by atoms with van der Waals surface area (Å²) in [5, 5.41) is 4.35. The molecular formula is C18H15ClN4O4S2. The highest BCUT2D eigenvalue weighted by atomic mass is 35.5. The van der Waals surface area contributed by atoms with E-state index < -0.39 is 10.0 Å². The number of sulfonamides is 1. The predicted octanol–water partition coefficient (Wildman–Crippen LogP) is 3.12. The van der Waals surface area contributed by atoms with Crippen molar-refractivity contribution in [1.82, 2.24) is 19.0 Å². The van der Waals surface area contributed by atoms with Gasteiger partial charge < -0.3 is 9.09 Å². The Hall–Kier alpha value is -2.53.